The number of methoxy groups -OCH3 is 1. The topological polar surface area (TPSA) is 71.5 Å². The average molecular weight is 486 g/mol. The molecule has 0 aliphatic heterocycles. The van der Waals surface area contributed by atoms with Crippen molar-refractivity contribution in [1.82, 2.24) is 10.3 Å². The summed E-state index contributed by atoms with van der Waals surface area (Å²) in [6.45, 7) is 3.49. The molecule has 35 heavy (non-hydrogen) atoms. The number of thiazole rings is 1. The van der Waals surface area contributed by atoms with Crippen molar-refractivity contribution in [2.45, 2.75) is 26.3 Å². The van der Waals surface area contributed by atoms with Crippen molar-refractivity contribution in [3.05, 3.63) is 95.4 Å². The Morgan fingerprint density at radius 3 is 2.37 bits per heavy atom. The molecule has 3 aromatic carbocycles. The summed E-state index contributed by atoms with van der Waals surface area (Å²) < 4.78 is 5.57. The molecule has 4 aromatic rings. The van der Waals surface area contributed by atoms with Crippen molar-refractivity contribution in [2.75, 3.05) is 12.0 Å². The summed E-state index contributed by atoms with van der Waals surface area (Å²) in [5.41, 5.74) is 4.39. The summed E-state index contributed by atoms with van der Waals surface area (Å²) in [6.07, 6.45) is 0.0566. The molecule has 1 aromatic heterocycles. The Bertz CT molecular complexity index is 1300. The molecule has 0 radical (unpaired) electrons. The molecule has 1 unspecified atom stereocenters. The second-order valence-corrected chi connectivity index (χ2v) is 8.99. The van der Waals surface area contributed by atoms with E-state index in [1.54, 1.807) is 12.0 Å². The molecule has 0 aliphatic carbocycles. The van der Waals surface area contributed by atoms with E-state index < -0.39 is 6.04 Å². The maximum absolute atomic E-state index is 13.9. The Morgan fingerprint density at radius 1 is 1.00 bits per heavy atom. The molecular weight excluding hydrogens is 458 g/mol. The zero-order valence-corrected chi connectivity index (χ0v) is 20.7. The highest BCUT2D eigenvalue weighted by atomic mass is 32.1. The molecular formula is C28H27N3O3S. The van der Waals surface area contributed by atoms with E-state index in [1.165, 1.54) is 23.8 Å². The van der Waals surface area contributed by atoms with Gasteiger partial charge in [-0.3, -0.25) is 14.5 Å². The normalized spacial score (nSPS) is 11.5. The number of aryl methyl sites for hydroxylation is 1. The van der Waals surface area contributed by atoms with Gasteiger partial charge >= 0.3 is 0 Å². The lowest BCUT2D eigenvalue weighted by atomic mass is 10.0. The number of para-hydroxylation sites is 2. The van der Waals surface area contributed by atoms with E-state index in [0.717, 1.165) is 16.8 Å². The molecule has 4 rings (SSSR count). The summed E-state index contributed by atoms with van der Waals surface area (Å²) in [6, 6.07) is 24.5. The number of nitrogens with one attached hydrogen (secondary N) is 1. The van der Waals surface area contributed by atoms with Gasteiger partial charge in [0.15, 0.2) is 5.13 Å². The fourth-order valence-electron chi connectivity index (χ4n) is 3.83. The standard InChI is InChI=1S/C28H27N3O3S/c1-19-13-15-22(16-14-19)24-18-35-28(30-24)31(25-11-7-8-12-26(25)34-3)27(33)17-23(29-20(2)32)21-9-5-4-6-10-21/h4-16,18,23H,17H2,1-3H3,(H,29,32). The summed E-state index contributed by atoms with van der Waals surface area (Å²) in [7, 11) is 1.57. The predicted octanol–water partition coefficient (Wildman–Crippen LogP) is 6.06. The minimum absolute atomic E-state index is 0.0566. The van der Waals surface area contributed by atoms with Crippen LogP contribution in [0, 0.1) is 6.92 Å². The highest BCUT2D eigenvalue weighted by molar-refractivity contribution is 7.14. The number of carbonyl (C=O) groups is 2. The number of nitrogens with zero attached hydrogens (tertiary/aromatic N) is 2. The van der Waals surface area contributed by atoms with Gasteiger partial charge < -0.3 is 10.1 Å². The minimum Gasteiger partial charge on any atom is -0.495 e. The van der Waals surface area contributed by atoms with Crippen LogP contribution in [0.25, 0.3) is 11.3 Å². The first-order chi connectivity index (χ1) is 17.0. The zero-order chi connectivity index (χ0) is 24.8. The van der Waals surface area contributed by atoms with Gasteiger partial charge in [0.05, 0.1) is 31.0 Å². The average Bonchev–Trinajstić information content (AvgIpc) is 3.34. The Balaban J connectivity index is 1.73. The summed E-state index contributed by atoms with van der Waals surface area (Å²) >= 11 is 1.39. The van der Waals surface area contributed by atoms with Crippen molar-refractivity contribution in [3.8, 4) is 17.0 Å². The number of ether oxygens (including phenoxy) is 1. The van der Waals surface area contributed by atoms with Crippen LogP contribution in [0.1, 0.15) is 30.5 Å². The van der Waals surface area contributed by atoms with E-state index in [9.17, 15) is 9.59 Å². The lowest BCUT2D eigenvalue weighted by Crippen LogP contribution is -2.33. The van der Waals surface area contributed by atoms with Gasteiger partial charge in [0.25, 0.3) is 0 Å². The minimum atomic E-state index is -0.477. The molecule has 1 N–H and O–H groups in total. The van der Waals surface area contributed by atoms with Gasteiger partial charge in [-0.1, -0.05) is 72.3 Å². The van der Waals surface area contributed by atoms with Gasteiger partial charge in [0, 0.05) is 17.9 Å². The van der Waals surface area contributed by atoms with E-state index in [4.69, 9.17) is 9.72 Å². The van der Waals surface area contributed by atoms with Crippen LogP contribution in [0.3, 0.4) is 0 Å². The third-order valence-corrected chi connectivity index (χ3v) is 6.39. The number of carbonyl (C=O) groups excluding carboxylic acids is 2. The molecule has 0 bridgehead atoms. The van der Waals surface area contributed by atoms with E-state index >= 15 is 0 Å². The summed E-state index contributed by atoms with van der Waals surface area (Å²) in [4.78, 5) is 32.2. The van der Waals surface area contributed by atoms with Crippen molar-refractivity contribution in [2.24, 2.45) is 0 Å². The number of hydrogen-bond acceptors (Lipinski definition) is 5. The number of aromatic nitrogens is 1. The maximum Gasteiger partial charge on any atom is 0.235 e. The third-order valence-electron chi connectivity index (χ3n) is 5.56. The van der Waals surface area contributed by atoms with Crippen LogP contribution in [-0.2, 0) is 9.59 Å². The van der Waals surface area contributed by atoms with E-state index in [2.05, 4.69) is 5.32 Å². The molecule has 0 aliphatic rings. The Hall–Kier alpha value is -3.97. The van der Waals surface area contributed by atoms with Crippen LogP contribution in [0.4, 0.5) is 10.8 Å². The molecule has 0 fully saturated rings. The van der Waals surface area contributed by atoms with Gasteiger partial charge in [0.2, 0.25) is 11.8 Å². The number of anilines is 2. The monoisotopic (exact) mass is 485 g/mol. The van der Waals surface area contributed by atoms with Crippen molar-refractivity contribution >= 4 is 34.0 Å². The maximum atomic E-state index is 13.9. The highest BCUT2D eigenvalue weighted by Gasteiger charge is 2.28. The van der Waals surface area contributed by atoms with Gasteiger partial charge in [-0.05, 0) is 24.6 Å². The van der Waals surface area contributed by atoms with E-state index in [1.807, 2.05) is 91.2 Å². The van der Waals surface area contributed by atoms with Crippen molar-refractivity contribution in [3.63, 3.8) is 0 Å². The van der Waals surface area contributed by atoms with Gasteiger partial charge in [-0.25, -0.2) is 4.98 Å². The Kier molecular flexibility index (Phi) is 7.57. The highest BCUT2D eigenvalue weighted by Crippen LogP contribution is 2.38. The first-order valence-electron chi connectivity index (χ1n) is 11.3. The molecule has 1 heterocycles. The van der Waals surface area contributed by atoms with Crippen LogP contribution in [0.2, 0.25) is 0 Å². The van der Waals surface area contributed by atoms with E-state index in [-0.39, 0.29) is 18.2 Å². The smallest absolute Gasteiger partial charge is 0.235 e. The lowest BCUT2D eigenvalue weighted by molar-refractivity contribution is -0.121. The van der Waals surface area contributed by atoms with E-state index in [0.29, 0.717) is 16.6 Å². The van der Waals surface area contributed by atoms with Crippen molar-refractivity contribution in [1.29, 1.82) is 0 Å². The molecule has 1 atom stereocenters. The SMILES string of the molecule is COc1ccccc1N(C(=O)CC(NC(C)=O)c1ccccc1)c1nc(-c2ccc(C)cc2)cs1. The van der Waals surface area contributed by atoms with Crippen LogP contribution in [0.15, 0.2) is 84.2 Å². The quantitative estimate of drug-likeness (QED) is 0.329. The Morgan fingerprint density at radius 2 is 1.69 bits per heavy atom. The van der Waals surface area contributed by atoms with Gasteiger partial charge in [0.1, 0.15) is 5.75 Å². The molecule has 7 heteroatoms. The van der Waals surface area contributed by atoms with Crippen LogP contribution >= 0.6 is 11.3 Å². The molecule has 0 spiro atoms. The largest absolute Gasteiger partial charge is 0.495 e. The van der Waals surface area contributed by atoms with Crippen molar-refractivity contribution < 1.29 is 14.3 Å². The number of hydrogen-bond donors (Lipinski definition) is 1. The molecule has 0 saturated carbocycles. The fourth-order valence-corrected chi connectivity index (χ4v) is 4.69. The van der Waals surface area contributed by atoms with Crippen LogP contribution in [-0.4, -0.2) is 23.9 Å². The predicted molar refractivity (Wildman–Crippen MR) is 140 cm³/mol. The fraction of sp³-hybridized carbons (Fsp3) is 0.179. The third kappa shape index (κ3) is 5.75. The zero-order valence-electron chi connectivity index (χ0n) is 19.9. The summed E-state index contributed by atoms with van der Waals surface area (Å²) in [5, 5.41) is 5.39. The van der Waals surface area contributed by atoms with Crippen LogP contribution in [0.5, 0.6) is 5.75 Å². The molecule has 178 valence electrons. The second kappa shape index (κ2) is 11.0. The lowest BCUT2D eigenvalue weighted by Gasteiger charge is -2.25. The van der Waals surface area contributed by atoms with Gasteiger partial charge in [-0.2, -0.15) is 0 Å². The number of benzene rings is 3. The first-order valence-corrected chi connectivity index (χ1v) is 12.1. The summed E-state index contributed by atoms with van der Waals surface area (Å²) in [5.74, 6) is 0.150. The molecule has 6 nitrogen and oxygen atoms in total. The Labute approximate surface area is 209 Å². The number of amides is 2. The first kappa shape index (κ1) is 24.2. The van der Waals surface area contributed by atoms with Crippen LogP contribution < -0.4 is 15.0 Å². The van der Waals surface area contributed by atoms with Gasteiger partial charge in [-0.15, -0.1) is 11.3 Å². The molecule has 2 amide bonds. The second-order valence-electron chi connectivity index (χ2n) is 8.15. The molecule has 0 saturated heterocycles. The number of rotatable bonds is 8.